The van der Waals surface area contributed by atoms with E-state index in [1.807, 2.05) is 36.4 Å². The Labute approximate surface area is 232 Å². The van der Waals surface area contributed by atoms with Crippen LogP contribution < -0.4 is 5.32 Å². The van der Waals surface area contributed by atoms with Gasteiger partial charge in [-0.3, -0.25) is 9.59 Å². The highest BCUT2D eigenvalue weighted by atomic mass is 35.5. The molecule has 1 unspecified atom stereocenters. The molecule has 0 radical (unpaired) electrons. The van der Waals surface area contributed by atoms with Crippen LogP contribution in [-0.4, -0.2) is 35.1 Å². The molecule has 8 heteroatoms. The van der Waals surface area contributed by atoms with E-state index in [0.29, 0.717) is 28.8 Å². The molecule has 0 fully saturated rings. The number of rotatable bonds is 13. The lowest BCUT2D eigenvalue weighted by Gasteiger charge is -2.31. The minimum atomic E-state index is -0.712. The van der Waals surface area contributed by atoms with Gasteiger partial charge in [-0.1, -0.05) is 85.1 Å². The van der Waals surface area contributed by atoms with Crippen LogP contribution in [0.3, 0.4) is 0 Å². The standard InChI is InChI=1S/C29H31Cl2FN2O2S/c1-2-3-15-33-29(36)27(16-21-7-5-4-6-8-21)34(18-22-9-13-25(32)14-10-22)28(35)20-37-19-23-11-12-24(30)17-26(23)31/h4-14,17,27H,2-3,15-16,18-20H2,1H3,(H,33,36). The molecular weight excluding hydrogens is 530 g/mol. The zero-order valence-electron chi connectivity index (χ0n) is 20.8. The molecule has 0 aliphatic heterocycles. The second kappa shape index (κ2) is 15.0. The minimum Gasteiger partial charge on any atom is -0.354 e. The van der Waals surface area contributed by atoms with Crippen LogP contribution in [-0.2, 0) is 28.3 Å². The number of amides is 2. The van der Waals surface area contributed by atoms with Gasteiger partial charge in [0.15, 0.2) is 0 Å². The Morgan fingerprint density at radius 3 is 2.41 bits per heavy atom. The first-order valence-electron chi connectivity index (χ1n) is 12.2. The summed E-state index contributed by atoms with van der Waals surface area (Å²) in [5.74, 6) is -0.0362. The molecule has 1 N–H and O–H groups in total. The monoisotopic (exact) mass is 560 g/mol. The Hall–Kier alpha value is -2.54. The van der Waals surface area contributed by atoms with Gasteiger partial charge >= 0.3 is 0 Å². The molecule has 0 heterocycles. The third kappa shape index (κ3) is 9.37. The quantitative estimate of drug-likeness (QED) is 0.231. The summed E-state index contributed by atoms with van der Waals surface area (Å²) in [6.45, 7) is 2.80. The summed E-state index contributed by atoms with van der Waals surface area (Å²) in [6.07, 6.45) is 2.18. The van der Waals surface area contributed by atoms with E-state index in [0.717, 1.165) is 29.5 Å². The second-order valence-corrected chi connectivity index (χ2v) is 10.6. The zero-order chi connectivity index (χ0) is 26.6. The van der Waals surface area contributed by atoms with Gasteiger partial charge < -0.3 is 10.2 Å². The number of hydrogen-bond acceptors (Lipinski definition) is 3. The fourth-order valence-corrected chi connectivity index (χ4v) is 5.29. The van der Waals surface area contributed by atoms with Crippen molar-refractivity contribution >= 4 is 46.8 Å². The first-order valence-corrected chi connectivity index (χ1v) is 14.2. The van der Waals surface area contributed by atoms with Gasteiger partial charge in [-0.2, -0.15) is 0 Å². The number of benzene rings is 3. The Morgan fingerprint density at radius 1 is 1.00 bits per heavy atom. The van der Waals surface area contributed by atoms with E-state index in [1.54, 1.807) is 29.2 Å². The fourth-order valence-electron chi connectivity index (χ4n) is 3.82. The lowest BCUT2D eigenvalue weighted by Crippen LogP contribution is -2.51. The molecule has 3 aromatic carbocycles. The highest BCUT2D eigenvalue weighted by molar-refractivity contribution is 7.99. The number of carbonyl (C=O) groups excluding carboxylic acids is 2. The molecule has 0 saturated carbocycles. The Balaban J connectivity index is 1.83. The van der Waals surface area contributed by atoms with Crippen LogP contribution in [0.2, 0.25) is 10.0 Å². The molecule has 3 aromatic rings. The molecule has 4 nitrogen and oxygen atoms in total. The lowest BCUT2D eigenvalue weighted by molar-refractivity contribution is -0.139. The summed E-state index contributed by atoms with van der Waals surface area (Å²) < 4.78 is 13.5. The van der Waals surface area contributed by atoms with Crippen molar-refractivity contribution in [3.63, 3.8) is 0 Å². The highest BCUT2D eigenvalue weighted by Crippen LogP contribution is 2.25. The Bertz CT molecular complexity index is 1160. The average Bonchev–Trinajstić information content (AvgIpc) is 2.89. The van der Waals surface area contributed by atoms with Crippen LogP contribution in [0.1, 0.15) is 36.5 Å². The molecule has 1 atom stereocenters. The number of carbonyl (C=O) groups is 2. The molecule has 2 amide bonds. The highest BCUT2D eigenvalue weighted by Gasteiger charge is 2.30. The molecule has 3 rings (SSSR count). The van der Waals surface area contributed by atoms with Gasteiger partial charge in [0.25, 0.3) is 0 Å². The largest absolute Gasteiger partial charge is 0.354 e. The first-order chi connectivity index (χ1) is 17.9. The van der Waals surface area contributed by atoms with Crippen molar-refractivity contribution in [2.75, 3.05) is 12.3 Å². The van der Waals surface area contributed by atoms with Crippen molar-refractivity contribution in [2.45, 2.75) is 44.5 Å². The van der Waals surface area contributed by atoms with E-state index in [9.17, 15) is 14.0 Å². The van der Waals surface area contributed by atoms with Gasteiger partial charge in [0.05, 0.1) is 5.75 Å². The number of nitrogens with one attached hydrogen (secondary N) is 1. The minimum absolute atomic E-state index is 0.160. The van der Waals surface area contributed by atoms with Crippen LogP contribution >= 0.6 is 35.0 Å². The summed E-state index contributed by atoms with van der Waals surface area (Å²) >= 11 is 13.7. The molecule has 0 aliphatic carbocycles. The first kappa shape index (κ1) is 29.0. The maximum Gasteiger partial charge on any atom is 0.243 e. The molecule has 0 bridgehead atoms. The molecule has 37 heavy (non-hydrogen) atoms. The van der Waals surface area contributed by atoms with Crippen LogP contribution in [0.15, 0.2) is 72.8 Å². The van der Waals surface area contributed by atoms with Crippen molar-refractivity contribution < 1.29 is 14.0 Å². The van der Waals surface area contributed by atoms with Crippen LogP contribution in [0.5, 0.6) is 0 Å². The Kier molecular flexibility index (Phi) is 11.8. The molecule has 0 aliphatic rings. The maximum absolute atomic E-state index is 13.6. The van der Waals surface area contributed by atoms with Crippen molar-refractivity contribution in [2.24, 2.45) is 0 Å². The van der Waals surface area contributed by atoms with E-state index >= 15 is 0 Å². The number of thioether (sulfide) groups is 1. The predicted molar refractivity (Wildman–Crippen MR) is 151 cm³/mol. The lowest BCUT2D eigenvalue weighted by atomic mass is 10.0. The Morgan fingerprint density at radius 2 is 1.73 bits per heavy atom. The average molecular weight is 562 g/mol. The van der Waals surface area contributed by atoms with E-state index in [2.05, 4.69) is 12.2 Å². The van der Waals surface area contributed by atoms with Gasteiger partial charge in [-0.25, -0.2) is 4.39 Å². The molecule has 0 spiro atoms. The van der Waals surface area contributed by atoms with Crippen LogP contribution in [0.25, 0.3) is 0 Å². The molecular formula is C29H31Cl2FN2O2S. The van der Waals surface area contributed by atoms with E-state index in [-0.39, 0.29) is 29.9 Å². The van der Waals surface area contributed by atoms with Gasteiger partial charge in [-0.05, 0) is 47.4 Å². The van der Waals surface area contributed by atoms with Crippen molar-refractivity contribution in [3.8, 4) is 0 Å². The van der Waals surface area contributed by atoms with Gasteiger partial charge in [0, 0.05) is 35.3 Å². The number of halogens is 3. The number of unbranched alkanes of at least 4 members (excludes halogenated alkanes) is 1. The molecule has 0 saturated heterocycles. The third-order valence-corrected chi connectivity index (χ3v) is 7.42. The maximum atomic E-state index is 13.6. The van der Waals surface area contributed by atoms with E-state index in [4.69, 9.17) is 23.2 Å². The van der Waals surface area contributed by atoms with E-state index in [1.165, 1.54) is 23.9 Å². The molecule has 196 valence electrons. The van der Waals surface area contributed by atoms with E-state index < -0.39 is 6.04 Å². The second-order valence-electron chi connectivity index (χ2n) is 8.73. The SMILES string of the molecule is CCCCNC(=O)C(Cc1ccccc1)N(Cc1ccc(F)cc1)C(=O)CSCc1ccc(Cl)cc1Cl. The van der Waals surface area contributed by atoms with Crippen molar-refractivity contribution in [1.82, 2.24) is 10.2 Å². The fraction of sp³-hybridized carbons (Fsp3) is 0.310. The topological polar surface area (TPSA) is 49.4 Å². The summed E-state index contributed by atoms with van der Waals surface area (Å²) in [6, 6.07) is 20.2. The number of hydrogen-bond donors (Lipinski definition) is 1. The normalized spacial score (nSPS) is 11.7. The predicted octanol–water partition coefficient (Wildman–Crippen LogP) is 6.92. The van der Waals surface area contributed by atoms with Crippen molar-refractivity contribution in [3.05, 3.63) is 105 Å². The third-order valence-electron chi connectivity index (χ3n) is 5.87. The van der Waals surface area contributed by atoms with Crippen molar-refractivity contribution in [1.29, 1.82) is 0 Å². The van der Waals surface area contributed by atoms with Gasteiger partial charge in [-0.15, -0.1) is 11.8 Å². The van der Waals surface area contributed by atoms with Gasteiger partial charge in [0.2, 0.25) is 11.8 Å². The number of nitrogens with zero attached hydrogens (tertiary/aromatic N) is 1. The van der Waals surface area contributed by atoms with Gasteiger partial charge in [0.1, 0.15) is 11.9 Å². The molecule has 0 aromatic heterocycles. The summed E-state index contributed by atoms with van der Waals surface area (Å²) in [5.41, 5.74) is 2.59. The summed E-state index contributed by atoms with van der Waals surface area (Å²) in [5, 5.41) is 4.10. The van der Waals surface area contributed by atoms with Crippen LogP contribution in [0.4, 0.5) is 4.39 Å². The van der Waals surface area contributed by atoms with Crippen LogP contribution in [0, 0.1) is 5.82 Å². The summed E-state index contributed by atoms with van der Waals surface area (Å²) in [7, 11) is 0. The smallest absolute Gasteiger partial charge is 0.243 e. The zero-order valence-corrected chi connectivity index (χ0v) is 23.1. The summed E-state index contributed by atoms with van der Waals surface area (Å²) in [4.78, 5) is 28.6.